The maximum atomic E-state index is 12.7. The summed E-state index contributed by atoms with van der Waals surface area (Å²) >= 11 is 3.34. The van der Waals surface area contributed by atoms with Gasteiger partial charge in [0.15, 0.2) is 9.84 Å². The first-order chi connectivity index (χ1) is 8.49. The fourth-order valence-electron chi connectivity index (χ4n) is 3.32. The van der Waals surface area contributed by atoms with Gasteiger partial charge >= 0.3 is 0 Å². The molecule has 1 aliphatic heterocycles. The molecule has 1 N–H and O–H groups in total. The SMILES string of the molecule is O=S1(=O)c2ccc(Br)cc2C(O)C12CCCCC2. The molecule has 1 saturated carbocycles. The number of fused-ring (bicyclic) bond motifs is 1. The molecule has 0 aromatic heterocycles. The molecule has 0 bridgehead atoms. The summed E-state index contributed by atoms with van der Waals surface area (Å²) in [5, 5.41) is 10.5. The lowest BCUT2D eigenvalue weighted by atomic mass is 9.82. The Labute approximate surface area is 115 Å². The van der Waals surface area contributed by atoms with Gasteiger partial charge in [0.1, 0.15) is 10.9 Å². The Bertz CT molecular complexity index is 588. The molecule has 3 rings (SSSR count). The predicted octanol–water partition coefficient (Wildman–Crippen LogP) is 2.97. The van der Waals surface area contributed by atoms with Crippen LogP contribution in [0.2, 0.25) is 0 Å². The van der Waals surface area contributed by atoms with Crippen LogP contribution in [-0.2, 0) is 9.84 Å². The molecule has 1 atom stereocenters. The van der Waals surface area contributed by atoms with Gasteiger partial charge in [0, 0.05) is 10.0 Å². The Kier molecular flexibility index (Phi) is 2.84. The largest absolute Gasteiger partial charge is 0.387 e. The fraction of sp³-hybridized carbons (Fsp3) is 0.538. The van der Waals surface area contributed by atoms with E-state index in [2.05, 4.69) is 15.9 Å². The molecule has 2 aliphatic rings. The molecule has 3 nitrogen and oxygen atoms in total. The molecule has 1 heterocycles. The first-order valence-corrected chi connectivity index (χ1v) is 8.49. The lowest BCUT2D eigenvalue weighted by molar-refractivity contribution is 0.107. The van der Waals surface area contributed by atoms with Gasteiger partial charge in [0.2, 0.25) is 0 Å². The van der Waals surface area contributed by atoms with Crippen LogP contribution < -0.4 is 0 Å². The minimum absolute atomic E-state index is 0.320. The Morgan fingerprint density at radius 1 is 1.22 bits per heavy atom. The van der Waals surface area contributed by atoms with Crippen molar-refractivity contribution in [1.29, 1.82) is 0 Å². The average molecular weight is 331 g/mol. The third-order valence-corrected chi connectivity index (χ3v) is 7.44. The molecule has 1 aliphatic carbocycles. The maximum Gasteiger partial charge on any atom is 0.187 e. The molecule has 0 saturated heterocycles. The van der Waals surface area contributed by atoms with E-state index >= 15 is 0 Å². The van der Waals surface area contributed by atoms with E-state index in [0.717, 1.165) is 23.7 Å². The lowest BCUT2D eigenvalue weighted by Gasteiger charge is -2.35. The Balaban J connectivity index is 2.22. The van der Waals surface area contributed by atoms with Crippen LogP contribution >= 0.6 is 15.9 Å². The topological polar surface area (TPSA) is 54.4 Å². The van der Waals surface area contributed by atoms with Crippen molar-refractivity contribution in [3.8, 4) is 0 Å². The van der Waals surface area contributed by atoms with E-state index in [1.165, 1.54) is 0 Å². The summed E-state index contributed by atoms with van der Waals surface area (Å²) in [5.74, 6) is 0. The zero-order chi connectivity index (χ0) is 13.0. The van der Waals surface area contributed by atoms with Gasteiger partial charge in [-0.05, 0) is 31.0 Å². The zero-order valence-electron chi connectivity index (χ0n) is 9.89. The van der Waals surface area contributed by atoms with Gasteiger partial charge in [-0.2, -0.15) is 0 Å². The van der Waals surface area contributed by atoms with Crippen molar-refractivity contribution in [3.63, 3.8) is 0 Å². The van der Waals surface area contributed by atoms with E-state index in [9.17, 15) is 13.5 Å². The van der Waals surface area contributed by atoms with Gasteiger partial charge in [-0.25, -0.2) is 8.42 Å². The fourth-order valence-corrected chi connectivity index (χ4v) is 6.11. The van der Waals surface area contributed by atoms with Crippen molar-refractivity contribution in [2.75, 3.05) is 0 Å². The van der Waals surface area contributed by atoms with Crippen LogP contribution in [0, 0.1) is 0 Å². The summed E-state index contributed by atoms with van der Waals surface area (Å²) in [6.07, 6.45) is 3.09. The second kappa shape index (κ2) is 4.05. The lowest BCUT2D eigenvalue weighted by Crippen LogP contribution is -2.41. The number of halogens is 1. The van der Waals surface area contributed by atoms with Gasteiger partial charge in [-0.3, -0.25) is 0 Å². The third kappa shape index (κ3) is 1.47. The third-order valence-electron chi connectivity index (χ3n) is 4.29. The minimum Gasteiger partial charge on any atom is -0.387 e. The summed E-state index contributed by atoms with van der Waals surface area (Å²) in [6, 6.07) is 5.08. The van der Waals surface area contributed by atoms with Gasteiger partial charge in [-0.15, -0.1) is 0 Å². The van der Waals surface area contributed by atoms with Gasteiger partial charge in [-0.1, -0.05) is 35.2 Å². The summed E-state index contributed by atoms with van der Waals surface area (Å²) in [4.78, 5) is 0.320. The highest BCUT2D eigenvalue weighted by atomic mass is 79.9. The number of rotatable bonds is 0. The van der Waals surface area contributed by atoms with Crippen molar-refractivity contribution in [3.05, 3.63) is 28.2 Å². The molecule has 5 heteroatoms. The van der Waals surface area contributed by atoms with E-state index in [1.807, 2.05) is 0 Å². The van der Waals surface area contributed by atoms with Gasteiger partial charge < -0.3 is 5.11 Å². The predicted molar refractivity (Wildman–Crippen MR) is 72.1 cm³/mol. The van der Waals surface area contributed by atoms with E-state index in [1.54, 1.807) is 18.2 Å². The van der Waals surface area contributed by atoms with E-state index in [0.29, 0.717) is 23.3 Å². The van der Waals surface area contributed by atoms with Crippen LogP contribution in [0.15, 0.2) is 27.6 Å². The number of sulfone groups is 1. The smallest absolute Gasteiger partial charge is 0.187 e. The summed E-state index contributed by atoms with van der Waals surface area (Å²) in [7, 11) is -3.41. The van der Waals surface area contributed by atoms with Crippen LogP contribution in [0.3, 0.4) is 0 Å². The molecule has 18 heavy (non-hydrogen) atoms. The van der Waals surface area contributed by atoms with Crippen LogP contribution in [0.5, 0.6) is 0 Å². The molecular weight excluding hydrogens is 316 g/mol. The van der Waals surface area contributed by atoms with Crippen LogP contribution in [0.1, 0.15) is 43.8 Å². The second-order valence-corrected chi connectivity index (χ2v) is 8.39. The van der Waals surface area contributed by atoms with E-state index in [-0.39, 0.29) is 0 Å². The molecule has 98 valence electrons. The van der Waals surface area contributed by atoms with Crippen molar-refractivity contribution in [2.45, 2.75) is 47.9 Å². The molecule has 0 amide bonds. The zero-order valence-corrected chi connectivity index (χ0v) is 12.3. The highest BCUT2D eigenvalue weighted by Crippen LogP contribution is 2.54. The van der Waals surface area contributed by atoms with Crippen LogP contribution in [-0.4, -0.2) is 18.3 Å². The quantitative estimate of drug-likeness (QED) is 0.795. The first-order valence-electron chi connectivity index (χ1n) is 6.21. The van der Waals surface area contributed by atoms with Crippen molar-refractivity contribution in [2.24, 2.45) is 0 Å². The summed E-state index contributed by atoms with van der Waals surface area (Å²) in [5.41, 5.74) is 0.561. The molecular formula is C13H15BrO3S. The molecule has 1 spiro atoms. The number of hydrogen-bond acceptors (Lipinski definition) is 3. The minimum atomic E-state index is -3.41. The summed E-state index contributed by atoms with van der Waals surface area (Å²) in [6.45, 7) is 0. The molecule has 0 radical (unpaired) electrons. The van der Waals surface area contributed by atoms with Crippen LogP contribution in [0.4, 0.5) is 0 Å². The standard InChI is InChI=1S/C13H15BrO3S/c14-9-4-5-11-10(8-9)12(15)13(18(11,16)17)6-2-1-3-7-13/h4-5,8,12,15H,1-3,6-7H2. The van der Waals surface area contributed by atoms with Gasteiger partial charge in [0.25, 0.3) is 0 Å². The van der Waals surface area contributed by atoms with Crippen LogP contribution in [0.25, 0.3) is 0 Å². The monoisotopic (exact) mass is 330 g/mol. The molecule has 1 unspecified atom stereocenters. The molecule has 1 aromatic carbocycles. The van der Waals surface area contributed by atoms with Crippen molar-refractivity contribution in [1.82, 2.24) is 0 Å². The maximum absolute atomic E-state index is 12.7. The van der Waals surface area contributed by atoms with E-state index < -0.39 is 20.7 Å². The highest BCUT2D eigenvalue weighted by molar-refractivity contribution is 9.10. The summed E-state index contributed by atoms with van der Waals surface area (Å²) < 4.78 is 25.3. The van der Waals surface area contributed by atoms with E-state index in [4.69, 9.17) is 0 Å². The number of aliphatic hydroxyl groups is 1. The van der Waals surface area contributed by atoms with Crippen molar-refractivity contribution < 1.29 is 13.5 Å². The number of benzene rings is 1. The number of hydrogen-bond donors (Lipinski definition) is 1. The Morgan fingerprint density at radius 2 is 1.89 bits per heavy atom. The Morgan fingerprint density at radius 3 is 2.56 bits per heavy atom. The van der Waals surface area contributed by atoms with Gasteiger partial charge in [0.05, 0.1) is 4.90 Å². The second-order valence-electron chi connectivity index (χ2n) is 5.21. The highest BCUT2D eigenvalue weighted by Gasteiger charge is 2.57. The average Bonchev–Trinajstić information content (AvgIpc) is 2.51. The normalized spacial score (nSPS) is 28.2. The Hall–Kier alpha value is -0.390. The molecule has 1 fully saturated rings. The number of aliphatic hydroxyl groups excluding tert-OH is 1. The first kappa shape index (κ1) is 12.6. The molecule has 1 aromatic rings. The van der Waals surface area contributed by atoms with Crippen molar-refractivity contribution >= 4 is 25.8 Å².